The van der Waals surface area contributed by atoms with Crippen LogP contribution in [0, 0.1) is 0 Å². The highest BCUT2D eigenvalue weighted by Crippen LogP contribution is 2.42. The normalized spacial score (nSPS) is 12.5. The molecule has 0 bridgehead atoms. The molecule has 0 heterocycles. The topological polar surface area (TPSA) is 95.4 Å². The molecule has 4 rings (SSSR count). The van der Waals surface area contributed by atoms with Gasteiger partial charge in [0.15, 0.2) is 17.3 Å². The van der Waals surface area contributed by atoms with Gasteiger partial charge in [0, 0.05) is 27.9 Å². The number of fused-ring (bicyclic) bond motifs is 2. The van der Waals surface area contributed by atoms with Crippen LogP contribution in [-0.4, -0.2) is 11.6 Å². The van der Waals surface area contributed by atoms with Crippen molar-refractivity contribution in [3.8, 4) is 11.5 Å². The van der Waals surface area contributed by atoms with Crippen molar-refractivity contribution < 1.29 is 14.3 Å². The molecule has 0 saturated heterocycles. The lowest BCUT2D eigenvalue weighted by atomic mass is 9.82. The average molecular weight is 399 g/mol. The quantitative estimate of drug-likeness (QED) is 0.476. The molecule has 5 nitrogen and oxygen atoms in total. The Labute approximate surface area is 164 Å². The first kappa shape index (κ1) is 17.4. The molecule has 3 aromatic rings. The molecule has 27 heavy (non-hydrogen) atoms. The van der Waals surface area contributed by atoms with Crippen LogP contribution in [0.5, 0.6) is 11.5 Å². The van der Waals surface area contributed by atoms with Crippen LogP contribution in [0.15, 0.2) is 48.5 Å². The Morgan fingerprint density at radius 3 is 2.22 bits per heavy atom. The maximum atomic E-state index is 13.0. The van der Waals surface area contributed by atoms with E-state index in [0.717, 1.165) is 0 Å². The molecule has 0 spiro atoms. The van der Waals surface area contributed by atoms with Gasteiger partial charge in [-0.25, -0.2) is 0 Å². The summed E-state index contributed by atoms with van der Waals surface area (Å²) in [5.74, 6) is -0.314. The molecular weight excluding hydrogens is 387 g/mol. The van der Waals surface area contributed by atoms with Crippen LogP contribution >= 0.6 is 23.2 Å². The number of ether oxygens (including phenoxy) is 1. The van der Waals surface area contributed by atoms with Crippen molar-refractivity contribution in [1.82, 2.24) is 0 Å². The smallest absolute Gasteiger partial charge is 0.196 e. The maximum absolute atomic E-state index is 13.0. The van der Waals surface area contributed by atoms with Crippen LogP contribution in [0.25, 0.3) is 0 Å². The van der Waals surface area contributed by atoms with Crippen molar-refractivity contribution in [2.75, 3.05) is 11.5 Å². The van der Waals surface area contributed by atoms with Crippen molar-refractivity contribution in [3.05, 3.63) is 80.8 Å². The van der Waals surface area contributed by atoms with Crippen molar-refractivity contribution in [2.24, 2.45) is 0 Å². The molecule has 7 heteroatoms. The molecule has 0 unspecified atom stereocenters. The van der Waals surface area contributed by atoms with Crippen LogP contribution in [0.1, 0.15) is 31.8 Å². The predicted molar refractivity (Wildman–Crippen MR) is 105 cm³/mol. The largest absolute Gasteiger partial charge is 0.454 e. The highest BCUT2D eigenvalue weighted by molar-refractivity contribution is 6.35. The summed E-state index contributed by atoms with van der Waals surface area (Å²) in [6.07, 6.45) is 0. The molecule has 0 aromatic heterocycles. The molecule has 0 amide bonds. The number of carbonyl (C=O) groups is 2. The molecule has 4 N–H and O–H groups in total. The van der Waals surface area contributed by atoms with Crippen LogP contribution in [0.2, 0.25) is 10.0 Å². The number of carbonyl (C=O) groups excluding carboxylic acids is 2. The fourth-order valence-electron chi connectivity index (χ4n) is 3.08. The Morgan fingerprint density at radius 2 is 1.48 bits per heavy atom. The minimum absolute atomic E-state index is 0.0249. The summed E-state index contributed by atoms with van der Waals surface area (Å²) in [5, 5.41) is 0.721. The van der Waals surface area contributed by atoms with E-state index in [1.807, 2.05) is 0 Å². The van der Waals surface area contributed by atoms with Crippen molar-refractivity contribution in [3.63, 3.8) is 0 Å². The number of hydrogen-bond donors (Lipinski definition) is 2. The van der Waals surface area contributed by atoms with E-state index in [-0.39, 0.29) is 39.4 Å². The molecule has 0 fully saturated rings. The first-order valence-electron chi connectivity index (χ1n) is 7.91. The molecule has 134 valence electrons. The zero-order chi connectivity index (χ0) is 19.3. The number of anilines is 2. The number of halogens is 2. The predicted octanol–water partition coefficient (Wildman–Crippen LogP) is 4.73. The van der Waals surface area contributed by atoms with Crippen molar-refractivity contribution in [1.29, 1.82) is 0 Å². The second kappa shape index (κ2) is 6.30. The highest BCUT2D eigenvalue weighted by Gasteiger charge is 2.35. The molecule has 0 radical (unpaired) electrons. The Bertz CT molecular complexity index is 1140. The second-order valence-electron chi connectivity index (χ2n) is 6.01. The zero-order valence-corrected chi connectivity index (χ0v) is 15.3. The van der Waals surface area contributed by atoms with Crippen molar-refractivity contribution in [2.45, 2.75) is 0 Å². The Balaban J connectivity index is 1.90. The molecule has 0 saturated carbocycles. The van der Waals surface area contributed by atoms with Crippen LogP contribution in [-0.2, 0) is 0 Å². The van der Waals surface area contributed by atoms with Gasteiger partial charge >= 0.3 is 0 Å². The molecule has 1 aliphatic carbocycles. The molecule has 1 aliphatic rings. The van der Waals surface area contributed by atoms with E-state index >= 15 is 0 Å². The van der Waals surface area contributed by atoms with Crippen LogP contribution in [0.4, 0.5) is 11.4 Å². The van der Waals surface area contributed by atoms with Gasteiger partial charge in [-0.3, -0.25) is 9.59 Å². The number of nitrogen functional groups attached to an aromatic ring is 2. The molecule has 0 aliphatic heterocycles. The van der Waals surface area contributed by atoms with Crippen LogP contribution in [0.3, 0.4) is 0 Å². The third-order valence-corrected chi connectivity index (χ3v) is 4.89. The molecular formula is C20H12Cl2N2O3. The number of nitrogens with two attached hydrogens (primary N) is 2. The Kier molecular flexibility index (Phi) is 4.06. The number of benzene rings is 3. The van der Waals surface area contributed by atoms with E-state index in [0.29, 0.717) is 15.8 Å². The maximum Gasteiger partial charge on any atom is 0.196 e. The van der Waals surface area contributed by atoms with Gasteiger partial charge in [-0.1, -0.05) is 35.3 Å². The average Bonchev–Trinajstić information content (AvgIpc) is 2.64. The second-order valence-corrected chi connectivity index (χ2v) is 6.85. The number of rotatable bonds is 2. The summed E-state index contributed by atoms with van der Waals surface area (Å²) in [6.45, 7) is 0. The summed E-state index contributed by atoms with van der Waals surface area (Å²) >= 11 is 12.1. The lowest BCUT2D eigenvalue weighted by Gasteiger charge is -2.22. The van der Waals surface area contributed by atoms with Gasteiger partial charge in [-0.15, -0.1) is 0 Å². The minimum Gasteiger partial charge on any atom is -0.454 e. The van der Waals surface area contributed by atoms with E-state index in [4.69, 9.17) is 39.4 Å². The zero-order valence-electron chi connectivity index (χ0n) is 13.8. The van der Waals surface area contributed by atoms with Gasteiger partial charge in [0.25, 0.3) is 0 Å². The van der Waals surface area contributed by atoms with E-state index in [1.165, 1.54) is 18.2 Å². The highest BCUT2D eigenvalue weighted by atomic mass is 35.5. The third-order valence-electron chi connectivity index (χ3n) is 4.34. The summed E-state index contributed by atoms with van der Waals surface area (Å²) in [4.78, 5) is 25.9. The number of para-hydroxylation sites is 1. The fraction of sp³-hybridized carbons (Fsp3) is 0. The van der Waals surface area contributed by atoms with Gasteiger partial charge in [0.2, 0.25) is 0 Å². The SMILES string of the molecule is Nc1cc(Oc2ccccc2Cl)c(N)c2c1C(=O)c1cc(Cl)ccc1C2=O. The summed E-state index contributed by atoms with van der Waals surface area (Å²) in [6, 6.07) is 12.7. The van der Waals surface area contributed by atoms with Crippen LogP contribution < -0.4 is 16.2 Å². The van der Waals surface area contributed by atoms with E-state index in [9.17, 15) is 9.59 Å². The van der Waals surface area contributed by atoms with Gasteiger partial charge in [-0.05, 0) is 30.3 Å². The first-order valence-corrected chi connectivity index (χ1v) is 8.67. The fourth-order valence-corrected chi connectivity index (χ4v) is 3.42. The lowest BCUT2D eigenvalue weighted by Crippen LogP contribution is -2.24. The van der Waals surface area contributed by atoms with Gasteiger partial charge < -0.3 is 16.2 Å². The standard InChI is InChI=1S/C20H12Cl2N2O3/c21-9-5-6-10-11(7-9)20(26)16-13(23)8-15(18(24)17(16)19(10)25)27-14-4-2-1-3-12(14)22/h1-8H,23-24H2. The molecule has 3 aromatic carbocycles. The van der Waals surface area contributed by atoms with E-state index < -0.39 is 11.6 Å². The van der Waals surface area contributed by atoms with Gasteiger partial charge in [0.05, 0.1) is 21.8 Å². The van der Waals surface area contributed by atoms with E-state index in [1.54, 1.807) is 30.3 Å². The number of hydrogen-bond acceptors (Lipinski definition) is 5. The van der Waals surface area contributed by atoms with Crippen molar-refractivity contribution >= 4 is 46.1 Å². The number of ketones is 2. The summed E-state index contributed by atoms with van der Waals surface area (Å²) in [5.41, 5.74) is 12.9. The third kappa shape index (κ3) is 2.72. The monoisotopic (exact) mass is 398 g/mol. The minimum atomic E-state index is -0.412. The lowest BCUT2D eigenvalue weighted by molar-refractivity contribution is 0.0980. The van der Waals surface area contributed by atoms with Gasteiger partial charge in [-0.2, -0.15) is 0 Å². The first-order chi connectivity index (χ1) is 12.9. The van der Waals surface area contributed by atoms with Gasteiger partial charge in [0.1, 0.15) is 5.75 Å². The molecule has 0 atom stereocenters. The van der Waals surface area contributed by atoms with E-state index in [2.05, 4.69) is 0 Å². The Morgan fingerprint density at radius 1 is 0.778 bits per heavy atom. The summed E-state index contributed by atoms with van der Waals surface area (Å²) < 4.78 is 5.76. The summed E-state index contributed by atoms with van der Waals surface area (Å²) in [7, 11) is 0. The Hall–Kier alpha value is -3.02.